The lowest BCUT2D eigenvalue weighted by atomic mass is 9.34. The Balaban J connectivity index is 0.874. The van der Waals surface area contributed by atoms with Crippen molar-refractivity contribution in [2.24, 2.45) is 74.4 Å². The second-order valence-corrected chi connectivity index (χ2v) is 31.9. The van der Waals surface area contributed by atoms with Gasteiger partial charge in [-0.15, -0.1) is 0 Å². The Hall–Kier alpha value is -4.56. The van der Waals surface area contributed by atoms with Crippen LogP contribution < -0.4 is 0 Å². The third-order valence-corrected chi connectivity index (χ3v) is 28.9. The van der Waals surface area contributed by atoms with Crippen LogP contribution in [0.1, 0.15) is 221 Å². The summed E-state index contributed by atoms with van der Waals surface area (Å²) in [7, 11) is 0. The van der Waals surface area contributed by atoms with E-state index in [4.69, 9.17) is 9.47 Å². The largest absolute Gasteiger partial charge is 0.462 e. The molecule has 0 saturated heterocycles. The number of esters is 2. The van der Waals surface area contributed by atoms with Crippen molar-refractivity contribution in [2.45, 2.75) is 229 Å². The molecule has 12 aliphatic rings. The van der Waals surface area contributed by atoms with Crippen LogP contribution >= 0.6 is 0 Å². The van der Waals surface area contributed by atoms with Crippen LogP contribution in [-0.4, -0.2) is 57.8 Å². The third-order valence-electron chi connectivity index (χ3n) is 28.9. The number of hydrogen-bond donors (Lipinski definition) is 3. The highest BCUT2D eigenvalue weighted by molar-refractivity contribution is 5.93. The van der Waals surface area contributed by atoms with E-state index >= 15 is 0 Å². The van der Waals surface area contributed by atoms with Gasteiger partial charge in [0.2, 0.25) is 0 Å². The fourth-order valence-electron chi connectivity index (χ4n) is 26.2. The first-order valence-electron chi connectivity index (χ1n) is 34.6. The molecule has 4 aromatic rings. The van der Waals surface area contributed by atoms with Crippen molar-refractivity contribution >= 4 is 22.7 Å². The standard InChI is InChI=1S/C78H96O7/c1-47(16-13-19-50-17-7-5-8-18-50)26-29-64(80)78-65(81)31-34-72(4,71(78)63(85-49(3)79)38-48(2)77(78,83)35-30-51-39-66(82)84-45-51)60-42-61-57-24-14-20-52-27-28-58-59-25-11-12-33-74(59,55-21-9-6-10-22-55)44-62-69(68(58)67(52)57)76(61)43-54(60)40-53-41-56-23-15-32-73(56)36-37-75(62,46-73)70(53)76/h5-10,14,17-18,20-22,24,27-28,39-40,47-48,54,56,59-65,69-71,80-81,83H,11-13,15-16,19,23,25-26,29-38,41-46H2,1-4H3/t47-,48-,54-,56+,59-,60+,61-,62+,63-,64+,65+,69-,70+,71+,72+,73-,74-,75+,76+,77-,78+/m1/s1. The SMILES string of the molecule is CC(=O)O[C@@H]1C[C@@H](C)[C@](O)(CCC2=CC(=O)OC2)[C@@]2([C@@H](O)CC[C@H](C)CCCc3ccccc3)[C@@H](O)CC[C@@](C)([C@H]3C[C@@H]4c5cccc6ccc7c(c56)[C@H]5[C@H](C[C@@]6(c8ccccc8)CCCC[C@H]76)[C@@]67CC[C@]8(CCC[C@H]8CC8=C[C@@H]3C[C@]45[C@@H]86)C7)[C@H]12. The van der Waals surface area contributed by atoms with E-state index < -0.39 is 46.6 Å². The lowest BCUT2D eigenvalue weighted by Crippen LogP contribution is -2.77. The van der Waals surface area contributed by atoms with Gasteiger partial charge in [0, 0.05) is 24.3 Å². The highest BCUT2D eigenvalue weighted by Crippen LogP contribution is 2.88. The van der Waals surface area contributed by atoms with Crippen molar-refractivity contribution in [3.05, 3.63) is 142 Å². The Bertz CT molecular complexity index is 3370. The van der Waals surface area contributed by atoms with E-state index in [1.54, 1.807) is 33.7 Å². The molecule has 450 valence electrons. The van der Waals surface area contributed by atoms with Crippen LogP contribution in [0.3, 0.4) is 0 Å². The van der Waals surface area contributed by atoms with Crippen LogP contribution in [0.5, 0.6) is 0 Å². The molecule has 8 saturated carbocycles. The molecule has 85 heavy (non-hydrogen) atoms. The minimum Gasteiger partial charge on any atom is -0.462 e. The summed E-state index contributed by atoms with van der Waals surface area (Å²) in [5.74, 6) is 2.14. The molecule has 3 N–H and O–H groups in total. The maximum atomic E-state index is 14.5. The summed E-state index contributed by atoms with van der Waals surface area (Å²) in [5.41, 5.74) is 7.87. The molecule has 4 aromatic carbocycles. The molecule has 4 bridgehead atoms. The summed E-state index contributed by atoms with van der Waals surface area (Å²) in [6.45, 7) is 8.62. The van der Waals surface area contributed by atoms with Gasteiger partial charge in [-0.05, 0) is 253 Å². The number of aliphatic hydroxyl groups is 3. The Labute approximate surface area is 506 Å². The molecule has 7 heteroatoms. The van der Waals surface area contributed by atoms with E-state index in [1.807, 2.05) is 5.57 Å². The highest BCUT2D eigenvalue weighted by atomic mass is 16.5. The van der Waals surface area contributed by atoms with E-state index in [9.17, 15) is 24.9 Å². The summed E-state index contributed by atoms with van der Waals surface area (Å²) < 4.78 is 12.3. The number of allylic oxidation sites excluding steroid dienone is 2. The first kappa shape index (κ1) is 55.7. The van der Waals surface area contributed by atoms with Crippen molar-refractivity contribution in [1.82, 2.24) is 0 Å². The Kier molecular flexibility index (Phi) is 13.1. The quantitative estimate of drug-likeness (QED) is 0.0851. The van der Waals surface area contributed by atoms with Crippen molar-refractivity contribution in [3.8, 4) is 0 Å². The van der Waals surface area contributed by atoms with E-state index in [2.05, 4.69) is 118 Å². The number of carbonyl (C=O) groups is 2. The van der Waals surface area contributed by atoms with Crippen LogP contribution in [0.25, 0.3) is 10.8 Å². The van der Waals surface area contributed by atoms with E-state index in [1.165, 1.54) is 94.9 Å². The van der Waals surface area contributed by atoms with Gasteiger partial charge in [-0.2, -0.15) is 0 Å². The Morgan fingerprint density at radius 2 is 1.64 bits per heavy atom. The van der Waals surface area contributed by atoms with Gasteiger partial charge in [-0.25, -0.2) is 4.79 Å². The van der Waals surface area contributed by atoms with Crippen LogP contribution in [0.2, 0.25) is 0 Å². The summed E-state index contributed by atoms with van der Waals surface area (Å²) in [6.07, 6.45) is 26.4. The number of cyclic esters (lactones) is 1. The van der Waals surface area contributed by atoms with Gasteiger partial charge in [-0.3, -0.25) is 4.79 Å². The summed E-state index contributed by atoms with van der Waals surface area (Å²) in [5, 5.41) is 45.0. The van der Waals surface area contributed by atoms with Crippen molar-refractivity contribution in [3.63, 3.8) is 0 Å². The molecule has 8 fully saturated rings. The molecule has 0 unspecified atom stereocenters. The monoisotopic (exact) mass is 1140 g/mol. The fourth-order valence-corrected chi connectivity index (χ4v) is 26.2. The third kappa shape index (κ3) is 7.66. The molecule has 3 spiro atoms. The number of rotatable bonds is 14. The van der Waals surface area contributed by atoms with Gasteiger partial charge in [0.1, 0.15) is 12.7 Å². The fraction of sp³-hybridized carbons (Fsp3) is 0.641. The molecular formula is C78H96O7. The molecule has 16 rings (SSSR count). The van der Waals surface area contributed by atoms with Crippen molar-refractivity contribution in [1.29, 1.82) is 0 Å². The molecule has 0 amide bonds. The van der Waals surface area contributed by atoms with Crippen LogP contribution in [0, 0.1) is 74.4 Å². The number of benzene rings is 4. The molecule has 0 radical (unpaired) electrons. The predicted octanol–water partition coefficient (Wildman–Crippen LogP) is 16.1. The smallest absolute Gasteiger partial charge is 0.331 e. The minimum atomic E-state index is -1.57. The average molecular weight is 1150 g/mol. The Morgan fingerprint density at radius 3 is 2.44 bits per heavy atom. The highest BCUT2D eigenvalue weighted by Gasteiger charge is 2.81. The van der Waals surface area contributed by atoms with Gasteiger partial charge >= 0.3 is 11.9 Å². The molecule has 1 heterocycles. The van der Waals surface area contributed by atoms with Crippen molar-refractivity contribution in [2.75, 3.05) is 6.61 Å². The summed E-state index contributed by atoms with van der Waals surface area (Å²) in [4.78, 5) is 26.6. The zero-order chi connectivity index (χ0) is 58.0. The maximum Gasteiger partial charge on any atom is 0.331 e. The number of carbonyl (C=O) groups excluding carboxylic acids is 2. The lowest BCUT2D eigenvalue weighted by molar-refractivity contribution is -0.329. The molecule has 1 aliphatic heterocycles. The zero-order valence-electron chi connectivity index (χ0n) is 51.6. The van der Waals surface area contributed by atoms with Gasteiger partial charge in [-0.1, -0.05) is 149 Å². The topological polar surface area (TPSA) is 113 Å². The number of ether oxygens (including phenoxy) is 2. The number of fused-ring (bicyclic) bond motifs is 5. The zero-order valence-corrected chi connectivity index (χ0v) is 51.6. The van der Waals surface area contributed by atoms with Crippen LogP contribution in [-0.2, 0) is 30.9 Å². The van der Waals surface area contributed by atoms with E-state index in [0.29, 0.717) is 66.6 Å². The molecule has 0 aromatic heterocycles. The first-order valence-corrected chi connectivity index (χ1v) is 34.6. The van der Waals surface area contributed by atoms with Gasteiger partial charge in [0.15, 0.2) is 0 Å². The second kappa shape index (κ2) is 20.0. The normalized spacial score (nSPS) is 43.7. The molecule has 11 aliphatic carbocycles. The maximum absolute atomic E-state index is 14.5. The number of hydrogen-bond acceptors (Lipinski definition) is 7. The van der Waals surface area contributed by atoms with Crippen LogP contribution in [0.4, 0.5) is 0 Å². The van der Waals surface area contributed by atoms with E-state index in [-0.39, 0.29) is 53.0 Å². The van der Waals surface area contributed by atoms with Gasteiger partial charge in [0.25, 0.3) is 0 Å². The number of aliphatic hydroxyl groups excluding tert-OH is 2. The van der Waals surface area contributed by atoms with E-state index in [0.717, 1.165) is 56.4 Å². The molecular weight excluding hydrogens is 1050 g/mol. The van der Waals surface area contributed by atoms with Gasteiger partial charge in [0.05, 0.1) is 23.2 Å². The first-order chi connectivity index (χ1) is 41.1. The average Bonchev–Trinajstić information content (AvgIpc) is 1.52. The molecule has 7 nitrogen and oxygen atoms in total. The summed E-state index contributed by atoms with van der Waals surface area (Å²) in [6, 6.07) is 35.4. The Morgan fingerprint density at radius 1 is 0.812 bits per heavy atom. The summed E-state index contributed by atoms with van der Waals surface area (Å²) >= 11 is 0. The van der Waals surface area contributed by atoms with Gasteiger partial charge < -0.3 is 24.8 Å². The second-order valence-electron chi connectivity index (χ2n) is 31.9. The van der Waals surface area contributed by atoms with Crippen molar-refractivity contribution < 1.29 is 34.4 Å². The molecule has 21 atom stereocenters. The lowest BCUT2D eigenvalue weighted by Gasteiger charge is -2.72. The van der Waals surface area contributed by atoms with Crippen LogP contribution in [0.15, 0.2) is 114 Å². The minimum absolute atomic E-state index is 0.0479. The predicted molar refractivity (Wildman–Crippen MR) is 333 cm³/mol. The number of aryl methyl sites for hydroxylation is 1.